The van der Waals surface area contributed by atoms with Crippen LogP contribution in [0.4, 0.5) is 10.7 Å². The van der Waals surface area contributed by atoms with Crippen molar-refractivity contribution >= 4 is 57.6 Å². The van der Waals surface area contributed by atoms with Crippen molar-refractivity contribution in [3.05, 3.63) is 107 Å². The summed E-state index contributed by atoms with van der Waals surface area (Å²) in [5.41, 5.74) is 4.61. The number of hydrogen-bond acceptors (Lipinski definition) is 6. The monoisotopic (exact) mass is 542 g/mol. The first kappa shape index (κ1) is 26.9. The normalized spacial score (nSPS) is 10.8. The molecule has 0 fully saturated rings. The van der Waals surface area contributed by atoms with Gasteiger partial charge in [0.05, 0.1) is 12.9 Å². The lowest BCUT2D eigenvalue weighted by atomic mass is 10.0. The van der Waals surface area contributed by atoms with Crippen molar-refractivity contribution in [2.45, 2.75) is 11.8 Å². The maximum absolute atomic E-state index is 12.8. The second kappa shape index (κ2) is 12.9. The van der Waals surface area contributed by atoms with Gasteiger partial charge in [0.2, 0.25) is 11.8 Å². The highest BCUT2D eigenvalue weighted by atomic mass is 32.2. The lowest BCUT2D eigenvalue weighted by Crippen LogP contribution is -2.16. The largest absolute Gasteiger partial charge is 0.465 e. The fourth-order valence-corrected chi connectivity index (χ4v) is 5.32. The molecule has 8 heteroatoms. The standard InChI is InChI=1S/C30H26N2O4S2/c1-20-11-14-22(15-12-20)25-18-38-29(28(25)30(35)36-2)32-27(34)19-37-24-10-6-9-23(17-24)31-26(33)16-13-21-7-4-3-5-8-21/h3-18H,19H2,1-2H3,(H,31,33)(H,32,34)/b16-13+. The van der Waals surface area contributed by atoms with Gasteiger partial charge in [-0.3, -0.25) is 9.59 Å². The van der Waals surface area contributed by atoms with Crippen LogP contribution in [0.3, 0.4) is 0 Å². The molecule has 0 atom stereocenters. The Morgan fingerprint density at radius 2 is 1.71 bits per heavy atom. The number of nitrogens with one attached hydrogen (secondary N) is 2. The molecule has 0 saturated heterocycles. The molecule has 0 aliphatic carbocycles. The van der Waals surface area contributed by atoms with Gasteiger partial charge in [-0.15, -0.1) is 23.1 Å². The third-order valence-electron chi connectivity index (χ3n) is 5.49. The average molecular weight is 543 g/mol. The summed E-state index contributed by atoms with van der Waals surface area (Å²) >= 11 is 2.62. The number of carbonyl (C=O) groups excluding carboxylic acids is 3. The second-order valence-electron chi connectivity index (χ2n) is 8.31. The van der Waals surface area contributed by atoms with E-state index in [-0.39, 0.29) is 17.6 Å². The van der Waals surface area contributed by atoms with Crippen LogP contribution in [0.25, 0.3) is 17.2 Å². The quantitative estimate of drug-likeness (QED) is 0.137. The zero-order valence-electron chi connectivity index (χ0n) is 20.9. The minimum Gasteiger partial charge on any atom is -0.465 e. The van der Waals surface area contributed by atoms with E-state index in [1.807, 2.05) is 85.1 Å². The van der Waals surface area contributed by atoms with Gasteiger partial charge in [0.25, 0.3) is 0 Å². The van der Waals surface area contributed by atoms with Gasteiger partial charge in [-0.1, -0.05) is 66.2 Å². The highest BCUT2D eigenvalue weighted by Crippen LogP contribution is 2.36. The predicted molar refractivity (Wildman–Crippen MR) is 156 cm³/mol. The number of carbonyl (C=O) groups is 3. The molecule has 1 aromatic heterocycles. The SMILES string of the molecule is COC(=O)c1c(-c2ccc(C)cc2)csc1NC(=O)CSc1cccc(NC(=O)/C=C/c2ccccc2)c1. The van der Waals surface area contributed by atoms with Crippen molar-refractivity contribution in [2.24, 2.45) is 0 Å². The van der Waals surface area contributed by atoms with Gasteiger partial charge in [0.15, 0.2) is 0 Å². The number of esters is 1. The van der Waals surface area contributed by atoms with Gasteiger partial charge >= 0.3 is 5.97 Å². The Morgan fingerprint density at radius 3 is 2.45 bits per heavy atom. The van der Waals surface area contributed by atoms with E-state index in [2.05, 4.69) is 10.6 Å². The number of benzene rings is 3. The fourth-order valence-electron chi connectivity index (χ4n) is 3.60. The number of thioether (sulfide) groups is 1. The fraction of sp³-hybridized carbons (Fsp3) is 0.100. The molecule has 4 aromatic rings. The van der Waals surface area contributed by atoms with Crippen molar-refractivity contribution in [2.75, 3.05) is 23.5 Å². The van der Waals surface area contributed by atoms with Gasteiger partial charge in [-0.05, 0) is 42.3 Å². The molecular formula is C30H26N2O4S2. The molecule has 38 heavy (non-hydrogen) atoms. The number of hydrogen-bond donors (Lipinski definition) is 2. The molecule has 0 aliphatic rings. The van der Waals surface area contributed by atoms with Crippen LogP contribution < -0.4 is 10.6 Å². The summed E-state index contributed by atoms with van der Waals surface area (Å²) in [5, 5.41) is 7.99. The van der Waals surface area contributed by atoms with Crippen molar-refractivity contribution in [1.82, 2.24) is 0 Å². The van der Waals surface area contributed by atoms with Gasteiger partial charge in [0.1, 0.15) is 10.6 Å². The Morgan fingerprint density at radius 1 is 0.947 bits per heavy atom. The maximum Gasteiger partial charge on any atom is 0.341 e. The van der Waals surface area contributed by atoms with Crippen molar-refractivity contribution < 1.29 is 19.1 Å². The predicted octanol–water partition coefficient (Wildman–Crippen LogP) is 6.89. The summed E-state index contributed by atoms with van der Waals surface area (Å²) < 4.78 is 4.99. The Bertz CT molecular complexity index is 1460. The first-order valence-electron chi connectivity index (χ1n) is 11.8. The molecular weight excluding hydrogens is 516 g/mol. The van der Waals surface area contributed by atoms with E-state index in [9.17, 15) is 14.4 Å². The van der Waals surface area contributed by atoms with Crippen LogP contribution in [0.1, 0.15) is 21.5 Å². The molecule has 0 radical (unpaired) electrons. The molecule has 4 rings (SSSR count). The highest BCUT2D eigenvalue weighted by molar-refractivity contribution is 8.00. The molecule has 1 heterocycles. The molecule has 6 nitrogen and oxygen atoms in total. The van der Waals surface area contributed by atoms with E-state index in [4.69, 9.17) is 4.74 Å². The van der Waals surface area contributed by atoms with E-state index in [0.29, 0.717) is 16.3 Å². The topological polar surface area (TPSA) is 84.5 Å². The highest BCUT2D eigenvalue weighted by Gasteiger charge is 2.22. The van der Waals surface area contributed by atoms with Crippen LogP contribution in [0.2, 0.25) is 0 Å². The number of anilines is 2. The summed E-state index contributed by atoms with van der Waals surface area (Å²) in [5.74, 6) is -0.873. The van der Waals surface area contributed by atoms with Crippen molar-refractivity contribution in [3.8, 4) is 11.1 Å². The van der Waals surface area contributed by atoms with Crippen LogP contribution >= 0.6 is 23.1 Å². The van der Waals surface area contributed by atoms with Gasteiger partial charge < -0.3 is 15.4 Å². The van der Waals surface area contributed by atoms with E-state index in [1.165, 1.54) is 36.3 Å². The number of ether oxygens (including phenoxy) is 1. The van der Waals surface area contributed by atoms with E-state index >= 15 is 0 Å². The molecule has 2 amide bonds. The summed E-state index contributed by atoms with van der Waals surface area (Å²) in [6, 6.07) is 24.7. The Labute approximate surface area is 229 Å². The number of thiophene rings is 1. The smallest absolute Gasteiger partial charge is 0.341 e. The molecule has 192 valence electrons. The van der Waals surface area contributed by atoms with E-state index in [1.54, 1.807) is 12.1 Å². The Hall–Kier alpha value is -4.14. The van der Waals surface area contributed by atoms with Crippen LogP contribution in [-0.2, 0) is 14.3 Å². The summed E-state index contributed by atoms with van der Waals surface area (Å²) in [6.45, 7) is 1.99. The van der Waals surface area contributed by atoms with Crippen LogP contribution in [0.15, 0.2) is 95.2 Å². The first-order valence-corrected chi connectivity index (χ1v) is 13.6. The Kier molecular flexibility index (Phi) is 9.13. The van der Waals surface area contributed by atoms with Crippen molar-refractivity contribution in [3.63, 3.8) is 0 Å². The van der Waals surface area contributed by atoms with E-state index < -0.39 is 5.97 Å². The summed E-state index contributed by atoms with van der Waals surface area (Å²) in [7, 11) is 1.32. The first-order chi connectivity index (χ1) is 18.4. The lowest BCUT2D eigenvalue weighted by Gasteiger charge is -2.09. The number of amides is 2. The zero-order valence-corrected chi connectivity index (χ0v) is 22.5. The number of aryl methyl sites for hydroxylation is 1. The van der Waals surface area contributed by atoms with Crippen LogP contribution in [-0.4, -0.2) is 30.6 Å². The zero-order chi connectivity index (χ0) is 26.9. The van der Waals surface area contributed by atoms with Crippen LogP contribution in [0.5, 0.6) is 0 Å². The minimum absolute atomic E-state index is 0.129. The number of methoxy groups -OCH3 is 1. The van der Waals surface area contributed by atoms with E-state index in [0.717, 1.165) is 27.1 Å². The summed E-state index contributed by atoms with van der Waals surface area (Å²) in [6.07, 6.45) is 3.23. The molecule has 0 aliphatic heterocycles. The number of rotatable bonds is 9. The molecule has 0 spiro atoms. The Balaban J connectivity index is 1.38. The maximum atomic E-state index is 12.8. The third kappa shape index (κ3) is 7.21. The van der Waals surface area contributed by atoms with Gasteiger partial charge in [-0.25, -0.2) is 4.79 Å². The van der Waals surface area contributed by atoms with Gasteiger partial charge in [-0.2, -0.15) is 0 Å². The van der Waals surface area contributed by atoms with Crippen LogP contribution in [0, 0.1) is 6.92 Å². The second-order valence-corrected chi connectivity index (χ2v) is 10.2. The average Bonchev–Trinajstić information content (AvgIpc) is 3.35. The summed E-state index contributed by atoms with van der Waals surface area (Å²) in [4.78, 5) is 38.4. The lowest BCUT2D eigenvalue weighted by molar-refractivity contribution is -0.114. The molecule has 0 saturated carbocycles. The molecule has 2 N–H and O–H groups in total. The van der Waals surface area contributed by atoms with Gasteiger partial charge in [0, 0.05) is 27.6 Å². The van der Waals surface area contributed by atoms with Crippen molar-refractivity contribution in [1.29, 1.82) is 0 Å². The minimum atomic E-state index is -0.505. The molecule has 3 aromatic carbocycles. The third-order valence-corrected chi connectivity index (χ3v) is 7.38. The molecule has 0 unspecified atom stereocenters. The molecule has 0 bridgehead atoms.